The van der Waals surface area contributed by atoms with Crippen molar-refractivity contribution in [3.8, 4) is 5.75 Å². The number of aliphatic carboxylic acids is 1. The van der Waals surface area contributed by atoms with Crippen LogP contribution in [0, 0.1) is 0 Å². The number of carboxylic acid groups (broad SMARTS) is 1. The zero-order chi connectivity index (χ0) is 16.2. The minimum Gasteiger partial charge on any atom is -0.490 e. The van der Waals surface area contributed by atoms with E-state index >= 15 is 0 Å². The van der Waals surface area contributed by atoms with Crippen LogP contribution < -0.4 is 4.74 Å². The Morgan fingerprint density at radius 3 is 2.55 bits per heavy atom. The van der Waals surface area contributed by atoms with Gasteiger partial charge < -0.3 is 14.6 Å². The van der Waals surface area contributed by atoms with E-state index in [2.05, 4.69) is 13.5 Å². The van der Waals surface area contributed by atoms with Gasteiger partial charge in [0.25, 0.3) is 0 Å². The van der Waals surface area contributed by atoms with Crippen LogP contribution in [0.2, 0.25) is 0 Å². The molecule has 4 heteroatoms. The van der Waals surface area contributed by atoms with Crippen molar-refractivity contribution in [2.45, 2.75) is 32.6 Å². The highest BCUT2D eigenvalue weighted by molar-refractivity contribution is 5.89. The maximum absolute atomic E-state index is 11.2. The van der Waals surface area contributed by atoms with Gasteiger partial charge in [-0.25, -0.2) is 4.79 Å². The number of carboxylic acids is 1. The molecule has 0 atom stereocenters. The van der Waals surface area contributed by atoms with Gasteiger partial charge in [-0.2, -0.15) is 0 Å². The average Bonchev–Trinajstić information content (AvgIpc) is 2.52. The van der Waals surface area contributed by atoms with Crippen LogP contribution in [0.4, 0.5) is 0 Å². The molecule has 0 fully saturated rings. The van der Waals surface area contributed by atoms with E-state index in [1.807, 2.05) is 0 Å². The monoisotopic (exact) mass is 304 g/mol. The minimum absolute atomic E-state index is 0.0312. The number of rotatable bonds is 11. The van der Waals surface area contributed by atoms with Crippen molar-refractivity contribution in [1.29, 1.82) is 0 Å². The molecule has 0 saturated carbocycles. The first-order chi connectivity index (χ1) is 10.7. The van der Waals surface area contributed by atoms with Crippen molar-refractivity contribution >= 4 is 12.0 Å². The molecule has 0 amide bonds. The van der Waals surface area contributed by atoms with Crippen LogP contribution >= 0.6 is 0 Å². The van der Waals surface area contributed by atoms with E-state index in [4.69, 9.17) is 9.47 Å². The smallest absolute Gasteiger partial charge is 0.371 e. The molecular weight excluding hydrogens is 280 g/mol. The van der Waals surface area contributed by atoms with Crippen LogP contribution in [-0.4, -0.2) is 24.3 Å². The van der Waals surface area contributed by atoms with Gasteiger partial charge in [0.2, 0.25) is 5.76 Å². The van der Waals surface area contributed by atoms with E-state index in [9.17, 15) is 9.90 Å². The van der Waals surface area contributed by atoms with Crippen LogP contribution in [0.25, 0.3) is 6.08 Å². The molecule has 0 aliphatic heterocycles. The summed E-state index contributed by atoms with van der Waals surface area (Å²) in [6, 6.07) is 7.16. The predicted molar refractivity (Wildman–Crippen MR) is 87.8 cm³/mol. The summed E-state index contributed by atoms with van der Waals surface area (Å²) in [6.45, 7) is 6.58. The van der Waals surface area contributed by atoms with Gasteiger partial charge in [-0.15, -0.1) is 0 Å². The fourth-order valence-electron chi connectivity index (χ4n) is 1.84. The highest BCUT2D eigenvalue weighted by Gasteiger charge is 2.08. The minimum atomic E-state index is -1.05. The van der Waals surface area contributed by atoms with Gasteiger partial charge in [-0.3, -0.25) is 0 Å². The number of hydrogen-bond donors (Lipinski definition) is 1. The van der Waals surface area contributed by atoms with Crippen LogP contribution in [0.15, 0.2) is 42.7 Å². The Labute approximate surface area is 132 Å². The summed E-state index contributed by atoms with van der Waals surface area (Å²) in [7, 11) is 0. The molecule has 0 saturated heterocycles. The van der Waals surface area contributed by atoms with E-state index in [-0.39, 0.29) is 5.76 Å². The molecule has 120 valence electrons. The summed E-state index contributed by atoms with van der Waals surface area (Å²) in [5.41, 5.74) is 0.761. The molecule has 0 aliphatic rings. The first kappa shape index (κ1) is 17.8. The van der Waals surface area contributed by atoms with Crippen LogP contribution in [-0.2, 0) is 9.53 Å². The lowest BCUT2D eigenvalue weighted by molar-refractivity contribution is -0.136. The summed E-state index contributed by atoms with van der Waals surface area (Å²) in [6.07, 6.45) is 7.40. The fourth-order valence-corrected chi connectivity index (χ4v) is 1.84. The van der Waals surface area contributed by atoms with Gasteiger partial charge in [-0.1, -0.05) is 51.0 Å². The molecule has 0 heterocycles. The Kier molecular flexibility index (Phi) is 8.50. The number of ether oxygens (including phenoxy) is 2. The Bertz CT molecular complexity index is 488. The highest BCUT2D eigenvalue weighted by Crippen LogP contribution is 2.15. The normalized spacial score (nSPS) is 11.0. The Balaban J connectivity index is 2.60. The molecule has 1 aromatic rings. The maximum atomic E-state index is 11.2. The van der Waals surface area contributed by atoms with Gasteiger partial charge in [0.15, 0.2) is 0 Å². The van der Waals surface area contributed by atoms with Crippen molar-refractivity contribution in [3.05, 3.63) is 48.2 Å². The Hall–Kier alpha value is -2.23. The fraction of sp³-hybridized carbons (Fsp3) is 0.389. The van der Waals surface area contributed by atoms with Crippen molar-refractivity contribution in [3.63, 3.8) is 0 Å². The molecule has 1 aromatic carbocycles. The first-order valence-electron chi connectivity index (χ1n) is 7.59. The average molecular weight is 304 g/mol. The van der Waals surface area contributed by atoms with Crippen LogP contribution in [0.5, 0.6) is 5.75 Å². The third kappa shape index (κ3) is 6.97. The number of hydrogen-bond acceptors (Lipinski definition) is 3. The second-order valence-corrected chi connectivity index (χ2v) is 4.89. The van der Waals surface area contributed by atoms with Gasteiger partial charge in [0, 0.05) is 0 Å². The number of benzene rings is 1. The molecule has 1 rings (SSSR count). The molecule has 22 heavy (non-hydrogen) atoms. The van der Waals surface area contributed by atoms with Crippen LogP contribution in [0.1, 0.15) is 38.2 Å². The van der Waals surface area contributed by atoms with Crippen LogP contribution in [0.3, 0.4) is 0 Å². The summed E-state index contributed by atoms with van der Waals surface area (Å²) in [5, 5.41) is 9.18. The molecule has 0 bridgehead atoms. The summed E-state index contributed by atoms with van der Waals surface area (Å²) in [4.78, 5) is 11.2. The van der Waals surface area contributed by atoms with Crippen molar-refractivity contribution in [2.75, 3.05) is 13.2 Å². The molecule has 4 nitrogen and oxygen atoms in total. The Morgan fingerprint density at radius 1 is 1.23 bits per heavy atom. The maximum Gasteiger partial charge on any atom is 0.371 e. The van der Waals surface area contributed by atoms with E-state index < -0.39 is 5.97 Å². The predicted octanol–water partition coefficient (Wildman–Crippen LogP) is 4.27. The second-order valence-electron chi connectivity index (χ2n) is 4.89. The first-order valence-corrected chi connectivity index (χ1v) is 7.59. The van der Waals surface area contributed by atoms with Gasteiger partial charge >= 0.3 is 5.97 Å². The topological polar surface area (TPSA) is 55.8 Å². The Morgan fingerprint density at radius 2 is 1.95 bits per heavy atom. The zero-order valence-corrected chi connectivity index (χ0v) is 13.1. The lowest BCUT2D eigenvalue weighted by Gasteiger charge is -2.07. The van der Waals surface area contributed by atoms with E-state index in [0.717, 1.165) is 37.0 Å². The lowest BCUT2D eigenvalue weighted by atomic mass is 10.2. The molecular formula is C18H24O4. The molecule has 0 unspecified atom stereocenters. The van der Waals surface area contributed by atoms with Crippen molar-refractivity contribution in [2.24, 2.45) is 0 Å². The standard InChI is InChI=1S/C18H24O4/c1-3-5-6-7-13-22-17(18(19)20)14-15-8-10-16(11-9-15)21-12-4-2/h4,8-11,14H,2-3,5-7,12-13H2,1H3,(H,19,20). The van der Waals surface area contributed by atoms with Gasteiger partial charge in [0.05, 0.1) is 6.61 Å². The van der Waals surface area contributed by atoms with E-state index in [1.54, 1.807) is 30.3 Å². The molecule has 0 spiro atoms. The second kappa shape index (κ2) is 10.5. The van der Waals surface area contributed by atoms with E-state index in [0.29, 0.717) is 13.2 Å². The molecule has 0 aliphatic carbocycles. The number of unbranched alkanes of at least 4 members (excludes halogenated alkanes) is 3. The molecule has 0 aromatic heterocycles. The molecule has 0 radical (unpaired) electrons. The SMILES string of the molecule is C=CCOc1ccc(C=C(OCCCCCC)C(=O)O)cc1. The highest BCUT2D eigenvalue weighted by atomic mass is 16.5. The third-order valence-corrected chi connectivity index (χ3v) is 3.01. The molecule has 1 N–H and O–H groups in total. The summed E-state index contributed by atoms with van der Waals surface area (Å²) < 4.78 is 10.7. The zero-order valence-electron chi connectivity index (χ0n) is 13.1. The van der Waals surface area contributed by atoms with Gasteiger partial charge in [-0.05, 0) is 30.2 Å². The number of carbonyl (C=O) groups is 1. The summed E-state index contributed by atoms with van der Waals surface area (Å²) >= 11 is 0. The van der Waals surface area contributed by atoms with Crippen molar-refractivity contribution in [1.82, 2.24) is 0 Å². The lowest BCUT2D eigenvalue weighted by Crippen LogP contribution is -2.06. The largest absolute Gasteiger partial charge is 0.490 e. The van der Waals surface area contributed by atoms with Gasteiger partial charge in [0.1, 0.15) is 12.4 Å². The third-order valence-electron chi connectivity index (χ3n) is 3.01. The van der Waals surface area contributed by atoms with E-state index in [1.165, 1.54) is 6.08 Å². The van der Waals surface area contributed by atoms with Crippen molar-refractivity contribution < 1.29 is 19.4 Å². The summed E-state index contributed by atoms with van der Waals surface area (Å²) in [5.74, 6) is -0.367. The quantitative estimate of drug-likeness (QED) is 0.287.